The fourth-order valence-corrected chi connectivity index (χ4v) is 2.89. The molecule has 2 amide bonds. The normalized spacial score (nSPS) is 18.6. The lowest BCUT2D eigenvalue weighted by Crippen LogP contribution is -2.43. The van der Waals surface area contributed by atoms with Gasteiger partial charge in [0.2, 0.25) is 11.8 Å². The van der Waals surface area contributed by atoms with Crippen LogP contribution in [0.1, 0.15) is 5.89 Å². The third-order valence-corrected chi connectivity index (χ3v) is 4.01. The van der Waals surface area contributed by atoms with Crippen molar-refractivity contribution in [3.05, 3.63) is 36.0 Å². The minimum atomic E-state index is -1.19. The van der Waals surface area contributed by atoms with Crippen LogP contribution in [0.3, 0.4) is 0 Å². The minimum Gasteiger partial charge on any atom is -0.615 e. The number of fused-ring (bicyclic) bond motifs is 2. The number of aromatic nitrogens is 1. The highest BCUT2D eigenvalue weighted by molar-refractivity contribution is 7.90. The summed E-state index contributed by atoms with van der Waals surface area (Å²) in [4.78, 5) is 18.1. The molecule has 1 aromatic heterocycles. The third kappa shape index (κ3) is 2.32. The fourth-order valence-electron chi connectivity index (χ4n) is 2.39. The molecule has 4 rings (SSSR count). The van der Waals surface area contributed by atoms with E-state index in [9.17, 15) is 9.35 Å². The summed E-state index contributed by atoms with van der Waals surface area (Å²) in [5, 5.41) is 12.0. The van der Waals surface area contributed by atoms with Gasteiger partial charge in [-0.25, -0.2) is 9.78 Å². The zero-order chi connectivity index (χ0) is 16.0. The summed E-state index contributed by atoms with van der Waals surface area (Å²) in [6, 6.07) is 6.99. The Kier molecular flexibility index (Phi) is 3.20. The molecule has 0 fully saturated rings. The third-order valence-electron chi connectivity index (χ3n) is 3.40. The van der Waals surface area contributed by atoms with Crippen molar-refractivity contribution < 1.29 is 13.8 Å². The summed E-state index contributed by atoms with van der Waals surface area (Å²) in [5.41, 5.74) is 1.88. The van der Waals surface area contributed by atoms with Crippen molar-refractivity contribution in [2.45, 2.75) is 0 Å². The van der Waals surface area contributed by atoms with Crippen molar-refractivity contribution in [1.82, 2.24) is 20.2 Å². The van der Waals surface area contributed by atoms with Crippen LogP contribution in [0.2, 0.25) is 0 Å². The summed E-state index contributed by atoms with van der Waals surface area (Å²) >= 11 is -1.19. The summed E-state index contributed by atoms with van der Waals surface area (Å²) in [6.45, 7) is 0.230. The van der Waals surface area contributed by atoms with Gasteiger partial charge in [-0.2, -0.15) is 0 Å². The smallest absolute Gasteiger partial charge is 0.353 e. The standard InChI is InChI=1S/C13H12N6O3S/c1-23(21)7-19-13(20)18-6-14-10(11(18)16-17-19)12-15-8-4-2-3-5-9(8)22-12/h2-5,14H,6-7H2,1H3. The quantitative estimate of drug-likeness (QED) is 0.856. The molecule has 118 valence electrons. The number of carbonyl (C=O) groups is 1. The lowest BCUT2D eigenvalue weighted by molar-refractivity contribution is 0.161. The van der Waals surface area contributed by atoms with Gasteiger partial charge in [0, 0.05) is 0 Å². The monoisotopic (exact) mass is 332 g/mol. The Balaban J connectivity index is 1.72. The van der Waals surface area contributed by atoms with Gasteiger partial charge in [-0.1, -0.05) is 17.4 Å². The summed E-state index contributed by atoms with van der Waals surface area (Å²) in [5.74, 6) is 0.701. The summed E-state index contributed by atoms with van der Waals surface area (Å²) in [6.07, 6.45) is 1.50. The second-order valence-corrected chi connectivity index (χ2v) is 6.43. The Morgan fingerprint density at radius 1 is 1.43 bits per heavy atom. The van der Waals surface area contributed by atoms with Crippen molar-refractivity contribution in [3.8, 4) is 0 Å². The molecule has 0 bridgehead atoms. The van der Waals surface area contributed by atoms with Crippen LogP contribution in [-0.4, -0.2) is 44.3 Å². The van der Waals surface area contributed by atoms with Gasteiger partial charge in [0.05, 0.1) is 12.9 Å². The van der Waals surface area contributed by atoms with Crippen molar-refractivity contribution in [2.24, 2.45) is 10.3 Å². The molecule has 10 heteroatoms. The molecule has 2 aliphatic heterocycles. The van der Waals surface area contributed by atoms with Crippen LogP contribution in [0, 0.1) is 0 Å². The Morgan fingerprint density at radius 2 is 2.26 bits per heavy atom. The van der Waals surface area contributed by atoms with E-state index in [1.54, 1.807) is 0 Å². The second-order valence-electron chi connectivity index (χ2n) is 5.02. The maximum atomic E-state index is 12.3. The number of benzene rings is 1. The average molecular weight is 332 g/mol. The van der Waals surface area contributed by atoms with Crippen molar-refractivity contribution in [1.29, 1.82) is 0 Å². The zero-order valence-electron chi connectivity index (χ0n) is 12.1. The number of nitrogens with zero attached hydrogens (tertiary/aromatic N) is 5. The van der Waals surface area contributed by atoms with Gasteiger partial charge in [-0.3, -0.25) is 4.90 Å². The van der Waals surface area contributed by atoms with E-state index in [4.69, 9.17) is 4.42 Å². The number of nitrogens with one attached hydrogen (secondary N) is 1. The molecule has 1 N–H and O–H groups in total. The van der Waals surface area contributed by atoms with Crippen molar-refractivity contribution in [2.75, 3.05) is 18.8 Å². The van der Waals surface area contributed by atoms with E-state index < -0.39 is 11.2 Å². The number of carbonyl (C=O) groups excluding carboxylic acids is 1. The zero-order valence-corrected chi connectivity index (χ0v) is 12.9. The van der Waals surface area contributed by atoms with E-state index in [-0.39, 0.29) is 18.6 Å². The Labute approximate surface area is 133 Å². The Bertz CT molecular complexity index is 812. The van der Waals surface area contributed by atoms with E-state index in [2.05, 4.69) is 20.6 Å². The van der Waals surface area contributed by atoms with Gasteiger partial charge >= 0.3 is 6.03 Å². The van der Waals surface area contributed by atoms with Crippen molar-refractivity contribution >= 4 is 34.0 Å². The number of urea groups is 1. The van der Waals surface area contributed by atoms with E-state index in [1.165, 1.54) is 11.2 Å². The molecule has 1 atom stereocenters. The van der Waals surface area contributed by atoms with Gasteiger partial charge in [-0.15, -0.1) is 10.1 Å². The first-order chi connectivity index (χ1) is 11.1. The molecule has 0 aliphatic carbocycles. The SMILES string of the molecule is C[S+]([O-])CN1N=NC2=C(c3nc4ccccc4o3)NCN2C1=O. The number of hydrogen-bond donors (Lipinski definition) is 1. The maximum Gasteiger partial charge on any atom is 0.353 e. The molecule has 9 nitrogen and oxygen atoms in total. The molecular weight excluding hydrogens is 320 g/mol. The van der Waals surface area contributed by atoms with Crippen LogP contribution in [0.4, 0.5) is 4.79 Å². The van der Waals surface area contributed by atoms with Crippen LogP contribution < -0.4 is 5.32 Å². The number of hydrogen-bond acceptors (Lipinski definition) is 7. The summed E-state index contributed by atoms with van der Waals surface area (Å²) in [7, 11) is 0. The number of amides is 2. The number of oxazole rings is 1. The van der Waals surface area contributed by atoms with Crippen molar-refractivity contribution in [3.63, 3.8) is 0 Å². The highest BCUT2D eigenvalue weighted by Gasteiger charge is 2.37. The molecule has 0 radical (unpaired) electrons. The van der Waals surface area contributed by atoms with E-state index in [0.717, 1.165) is 10.5 Å². The first-order valence-electron chi connectivity index (χ1n) is 6.78. The number of rotatable bonds is 3. The maximum absolute atomic E-state index is 12.3. The van der Waals surface area contributed by atoms with Gasteiger partial charge in [-0.05, 0) is 23.3 Å². The fraction of sp³-hybridized carbons (Fsp3) is 0.231. The van der Waals surface area contributed by atoms with Crippen LogP contribution >= 0.6 is 0 Å². The molecule has 0 spiro atoms. The van der Waals surface area contributed by atoms with E-state index >= 15 is 0 Å². The molecule has 0 saturated carbocycles. The van der Waals surface area contributed by atoms with Crippen LogP contribution in [0.5, 0.6) is 0 Å². The molecule has 2 aromatic rings. The first kappa shape index (κ1) is 14.0. The highest BCUT2D eigenvalue weighted by atomic mass is 32.2. The van der Waals surface area contributed by atoms with Gasteiger partial charge in [0.1, 0.15) is 11.2 Å². The molecular formula is C13H12N6O3S. The molecule has 1 aromatic carbocycles. The molecule has 3 heterocycles. The van der Waals surface area contributed by atoms with E-state index in [0.29, 0.717) is 23.0 Å². The number of para-hydroxylation sites is 2. The topological polar surface area (TPSA) is 109 Å². The van der Waals surface area contributed by atoms with Gasteiger partial charge < -0.3 is 14.3 Å². The molecule has 2 aliphatic rings. The predicted octanol–water partition coefficient (Wildman–Crippen LogP) is 1.46. The molecule has 23 heavy (non-hydrogen) atoms. The van der Waals surface area contributed by atoms with Crippen LogP contribution in [0.25, 0.3) is 16.8 Å². The second kappa shape index (κ2) is 5.25. The van der Waals surface area contributed by atoms with Crippen LogP contribution in [0.15, 0.2) is 44.8 Å². The molecule has 1 unspecified atom stereocenters. The van der Waals surface area contributed by atoms with E-state index in [1.807, 2.05) is 24.3 Å². The lowest BCUT2D eigenvalue weighted by Gasteiger charge is -2.25. The van der Waals surface area contributed by atoms with Crippen LogP contribution in [-0.2, 0) is 11.2 Å². The highest BCUT2D eigenvalue weighted by Crippen LogP contribution is 2.30. The lowest BCUT2D eigenvalue weighted by atomic mass is 10.3. The van der Waals surface area contributed by atoms with Gasteiger partial charge in [0.25, 0.3) is 0 Å². The summed E-state index contributed by atoms with van der Waals surface area (Å²) < 4.78 is 17.0. The molecule has 0 saturated heterocycles. The minimum absolute atomic E-state index is 0.00430. The first-order valence-corrected chi connectivity index (χ1v) is 8.51. The Morgan fingerprint density at radius 3 is 3.04 bits per heavy atom. The average Bonchev–Trinajstić information content (AvgIpc) is 3.13. The Hall–Kier alpha value is -2.59. The predicted molar refractivity (Wildman–Crippen MR) is 81.8 cm³/mol. The van der Waals surface area contributed by atoms with Gasteiger partial charge in [0.15, 0.2) is 11.4 Å². The largest absolute Gasteiger partial charge is 0.615 e.